The van der Waals surface area contributed by atoms with Crippen LogP contribution in [0.2, 0.25) is 0 Å². The summed E-state index contributed by atoms with van der Waals surface area (Å²) >= 11 is 3.31. The summed E-state index contributed by atoms with van der Waals surface area (Å²) < 4.78 is 0.975. The normalized spacial score (nSPS) is 10.3. The van der Waals surface area contributed by atoms with Crippen LogP contribution in [-0.2, 0) is 9.59 Å². The van der Waals surface area contributed by atoms with Crippen LogP contribution in [-0.4, -0.2) is 18.4 Å². The number of hydrogen-bond acceptors (Lipinski definition) is 2. The Balaban J connectivity index is 2.50. The van der Waals surface area contributed by atoms with Gasteiger partial charge in [0.15, 0.2) is 0 Å². The minimum absolute atomic E-state index is 0.149. The molecule has 0 unspecified atom stereocenters. The maximum atomic E-state index is 11.2. The molecule has 0 aliphatic carbocycles. The fourth-order valence-electron chi connectivity index (χ4n) is 0.979. The van der Waals surface area contributed by atoms with E-state index < -0.39 is 5.91 Å². The molecule has 0 atom stereocenters. The minimum atomic E-state index is -0.564. The van der Waals surface area contributed by atoms with Crippen molar-refractivity contribution in [3.05, 3.63) is 40.4 Å². The maximum absolute atomic E-state index is 11.2. The van der Waals surface area contributed by atoms with E-state index in [1.54, 1.807) is 6.08 Å². The third-order valence-corrected chi connectivity index (χ3v) is 2.26. The lowest BCUT2D eigenvalue weighted by Gasteiger charge is -1.97. The van der Waals surface area contributed by atoms with Crippen molar-refractivity contribution >= 4 is 33.8 Å². The lowest BCUT2D eigenvalue weighted by Crippen LogP contribution is -2.32. The van der Waals surface area contributed by atoms with Gasteiger partial charge in [-0.05, 0) is 23.8 Å². The van der Waals surface area contributed by atoms with Crippen LogP contribution in [0.3, 0.4) is 0 Å². The monoisotopic (exact) mass is 282 g/mol. The molecule has 1 rings (SSSR count). The molecule has 0 saturated heterocycles. The molecule has 3 N–H and O–H groups in total. The maximum Gasteiger partial charge on any atom is 0.244 e. The number of amides is 2. The molecule has 1 aromatic rings. The molecule has 0 fully saturated rings. The fraction of sp³-hybridized carbons (Fsp3) is 0.0909. The Morgan fingerprint density at radius 3 is 2.50 bits per heavy atom. The Bertz CT molecular complexity index is 412. The van der Waals surface area contributed by atoms with Gasteiger partial charge < -0.3 is 11.1 Å². The lowest BCUT2D eigenvalue weighted by atomic mass is 10.2. The number of carbonyl (C=O) groups is 2. The van der Waals surface area contributed by atoms with Gasteiger partial charge in [0.1, 0.15) is 0 Å². The molecule has 1 aromatic carbocycles. The highest BCUT2D eigenvalue weighted by Crippen LogP contribution is 2.11. The van der Waals surface area contributed by atoms with E-state index in [2.05, 4.69) is 21.2 Å². The van der Waals surface area contributed by atoms with Crippen molar-refractivity contribution in [3.8, 4) is 0 Å². The van der Waals surface area contributed by atoms with E-state index in [0.29, 0.717) is 0 Å². The second-order valence-electron chi connectivity index (χ2n) is 3.07. The number of benzene rings is 1. The van der Waals surface area contributed by atoms with Gasteiger partial charge in [0.2, 0.25) is 11.8 Å². The lowest BCUT2D eigenvalue weighted by molar-refractivity contribution is -0.122. The van der Waals surface area contributed by atoms with E-state index in [0.717, 1.165) is 10.0 Å². The van der Waals surface area contributed by atoms with Crippen LogP contribution in [0.25, 0.3) is 6.08 Å². The van der Waals surface area contributed by atoms with Gasteiger partial charge in [0.05, 0.1) is 6.54 Å². The number of nitrogens with two attached hydrogens (primary N) is 1. The van der Waals surface area contributed by atoms with E-state index in [1.807, 2.05) is 24.3 Å². The van der Waals surface area contributed by atoms with Gasteiger partial charge in [0, 0.05) is 10.5 Å². The Hall–Kier alpha value is -1.62. The second kappa shape index (κ2) is 6.07. The Morgan fingerprint density at radius 1 is 1.31 bits per heavy atom. The van der Waals surface area contributed by atoms with E-state index in [-0.39, 0.29) is 12.5 Å². The number of nitrogens with one attached hydrogen (secondary N) is 1. The Morgan fingerprint density at radius 2 is 1.94 bits per heavy atom. The van der Waals surface area contributed by atoms with Gasteiger partial charge in [-0.2, -0.15) is 0 Å². The zero-order chi connectivity index (χ0) is 12.0. The van der Waals surface area contributed by atoms with Crippen LogP contribution in [0.1, 0.15) is 5.56 Å². The fourth-order valence-corrected chi connectivity index (χ4v) is 1.24. The summed E-state index contributed by atoms with van der Waals surface area (Å²) in [5.41, 5.74) is 5.78. The van der Waals surface area contributed by atoms with Gasteiger partial charge in [-0.15, -0.1) is 0 Å². The summed E-state index contributed by atoms with van der Waals surface area (Å²) in [5, 5.41) is 2.35. The van der Waals surface area contributed by atoms with Crippen molar-refractivity contribution in [2.45, 2.75) is 0 Å². The highest BCUT2D eigenvalue weighted by atomic mass is 79.9. The third-order valence-electron chi connectivity index (χ3n) is 1.73. The highest BCUT2D eigenvalue weighted by Gasteiger charge is 1.97. The average Bonchev–Trinajstić information content (AvgIpc) is 2.25. The second-order valence-corrected chi connectivity index (χ2v) is 3.98. The van der Waals surface area contributed by atoms with Gasteiger partial charge in [0.25, 0.3) is 0 Å². The number of rotatable bonds is 4. The van der Waals surface area contributed by atoms with Crippen LogP contribution < -0.4 is 11.1 Å². The molecule has 0 saturated carbocycles. The molecule has 16 heavy (non-hydrogen) atoms. The molecule has 0 aliphatic rings. The predicted octanol–water partition coefficient (Wildman–Crippen LogP) is 1.06. The topological polar surface area (TPSA) is 72.2 Å². The molecule has 4 nitrogen and oxygen atoms in total. The quantitative estimate of drug-likeness (QED) is 0.811. The summed E-state index contributed by atoms with van der Waals surface area (Å²) in [6, 6.07) is 7.48. The molecular formula is C11H11BrN2O2. The van der Waals surface area contributed by atoms with Crippen LogP contribution in [0.15, 0.2) is 34.8 Å². The average molecular weight is 283 g/mol. The highest BCUT2D eigenvalue weighted by molar-refractivity contribution is 9.10. The van der Waals surface area contributed by atoms with Crippen molar-refractivity contribution in [3.63, 3.8) is 0 Å². The van der Waals surface area contributed by atoms with Gasteiger partial charge in [-0.25, -0.2) is 0 Å². The molecule has 0 aromatic heterocycles. The standard InChI is InChI=1S/C11H11BrN2O2/c12-9-4-1-8(2-5-9)3-6-11(16)14-7-10(13)15/h1-6H,7H2,(H2,13,15)(H,14,16)/b6-3+. The molecular weight excluding hydrogens is 272 g/mol. The van der Waals surface area contributed by atoms with Crippen molar-refractivity contribution < 1.29 is 9.59 Å². The Kier molecular flexibility index (Phi) is 4.72. The first kappa shape index (κ1) is 12.4. The summed E-state index contributed by atoms with van der Waals surface area (Å²) in [6.45, 7) is -0.149. The molecule has 0 spiro atoms. The molecule has 0 heterocycles. The van der Waals surface area contributed by atoms with Crippen LogP contribution in [0.4, 0.5) is 0 Å². The first-order valence-corrected chi connectivity index (χ1v) is 5.37. The molecule has 0 radical (unpaired) electrons. The first-order valence-electron chi connectivity index (χ1n) is 4.58. The van der Waals surface area contributed by atoms with Crippen molar-refractivity contribution in [1.29, 1.82) is 0 Å². The number of carbonyl (C=O) groups excluding carboxylic acids is 2. The van der Waals surface area contributed by atoms with E-state index >= 15 is 0 Å². The largest absolute Gasteiger partial charge is 0.368 e. The first-order chi connectivity index (χ1) is 7.58. The van der Waals surface area contributed by atoms with Crippen LogP contribution in [0, 0.1) is 0 Å². The van der Waals surface area contributed by atoms with E-state index in [1.165, 1.54) is 6.08 Å². The number of hydrogen-bond donors (Lipinski definition) is 2. The number of primary amides is 1. The van der Waals surface area contributed by atoms with E-state index in [4.69, 9.17) is 5.73 Å². The zero-order valence-corrected chi connectivity index (χ0v) is 10.0. The van der Waals surface area contributed by atoms with Gasteiger partial charge >= 0.3 is 0 Å². The summed E-state index contributed by atoms with van der Waals surface area (Å²) in [6.07, 6.45) is 3.01. The summed E-state index contributed by atoms with van der Waals surface area (Å²) in [4.78, 5) is 21.6. The molecule has 2 amide bonds. The zero-order valence-electron chi connectivity index (χ0n) is 8.44. The molecule has 0 aliphatic heterocycles. The number of halogens is 1. The third kappa shape index (κ3) is 4.75. The molecule has 5 heteroatoms. The van der Waals surface area contributed by atoms with Crippen molar-refractivity contribution in [2.75, 3.05) is 6.54 Å². The molecule has 0 bridgehead atoms. The predicted molar refractivity (Wildman–Crippen MR) is 65.4 cm³/mol. The SMILES string of the molecule is NC(=O)CNC(=O)/C=C/c1ccc(Br)cc1. The minimum Gasteiger partial charge on any atom is -0.368 e. The van der Waals surface area contributed by atoms with Gasteiger partial charge in [-0.3, -0.25) is 9.59 Å². The Labute approximate surface area is 102 Å². The van der Waals surface area contributed by atoms with Crippen LogP contribution >= 0.6 is 15.9 Å². The molecule has 84 valence electrons. The summed E-state index contributed by atoms with van der Waals surface area (Å²) in [7, 11) is 0. The van der Waals surface area contributed by atoms with Gasteiger partial charge in [-0.1, -0.05) is 28.1 Å². The summed E-state index contributed by atoms with van der Waals surface area (Å²) in [5.74, 6) is -0.910. The smallest absolute Gasteiger partial charge is 0.244 e. The van der Waals surface area contributed by atoms with Crippen molar-refractivity contribution in [1.82, 2.24) is 5.32 Å². The van der Waals surface area contributed by atoms with Crippen LogP contribution in [0.5, 0.6) is 0 Å². The van der Waals surface area contributed by atoms with E-state index in [9.17, 15) is 9.59 Å². The van der Waals surface area contributed by atoms with Crippen molar-refractivity contribution in [2.24, 2.45) is 5.73 Å².